The minimum atomic E-state index is -1.03. The number of carbonyl (C=O) groups excluding carboxylic acids is 1. The minimum Gasteiger partial charge on any atom is -0.504 e. The van der Waals surface area contributed by atoms with Crippen LogP contribution < -0.4 is 10.1 Å². The molecule has 1 atom stereocenters. The summed E-state index contributed by atoms with van der Waals surface area (Å²) in [6.07, 6.45) is 0.189. The first kappa shape index (κ1) is 18.1. The summed E-state index contributed by atoms with van der Waals surface area (Å²) in [5.41, 5.74) is 2.59. The number of carboxylic acid groups (broad SMARTS) is 1. The lowest BCUT2D eigenvalue weighted by Gasteiger charge is -2.24. The van der Waals surface area contributed by atoms with Crippen LogP contribution in [0.15, 0.2) is 48.5 Å². The third kappa shape index (κ3) is 2.99. The molecule has 1 aliphatic rings. The number of aromatic carboxylic acids is 1. The van der Waals surface area contributed by atoms with Gasteiger partial charge in [0.15, 0.2) is 11.5 Å². The van der Waals surface area contributed by atoms with Crippen molar-refractivity contribution in [1.29, 1.82) is 0 Å². The summed E-state index contributed by atoms with van der Waals surface area (Å²) >= 11 is 1.17. The molecule has 0 saturated carbocycles. The smallest absolute Gasteiger partial charge is 0.346 e. The highest BCUT2D eigenvalue weighted by Crippen LogP contribution is 2.50. The van der Waals surface area contributed by atoms with Crippen LogP contribution in [0.2, 0.25) is 0 Å². The van der Waals surface area contributed by atoms with Crippen LogP contribution >= 0.6 is 11.3 Å². The maximum atomic E-state index is 12.5. The van der Waals surface area contributed by atoms with Gasteiger partial charge in [-0.2, -0.15) is 0 Å². The number of nitrogens with one attached hydrogen (secondary N) is 1. The van der Waals surface area contributed by atoms with Gasteiger partial charge in [0.2, 0.25) is 5.91 Å². The van der Waals surface area contributed by atoms with Gasteiger partial charge in [0.1, 0.15) is 4.88 Å². The predicted octanol–water partition coefficient (Wildman–Crippen LogP) is 4.30. The molecule has 7 heteroatoms. The molecule has 6 nitrogen and oxygen atoms in total. The number of benzene rings is 2. The van der Waals surface area contributed by atoms with Gasteiger partial charge in [-0.3, -0.25) is 4.79 Å². The zero-order valence-corrected chi connectivity index (χ0v) is 15.7. The number of amides is 1. The van der Waals surface area contributed by atoms with Crippen LogP contribution in [-0.2, 0) is 4.79 Å². The molecule has 0 aliphatic carbocycles. The normalized spacial score (nSPS) is 15.6. The number of carboxylic acids is 1. The van der Waals surface area contributed by atoms with Gasteiger partial charge >= 0.3 is 5.97 Å². The van der Waals surface area contributed by atoms with E-state index in [0.717, 1.165) is 16.0 Å². The first-order chi connectivity index (χ1) is 13.5. The molecule has 1 amide bonds. The second kappa shape index (κ2) is 7.01. The molecule has 28 heavy (non-hydrogen) atoms. The fourth-order valence-corrected chi connectivity index (χ4v) is 4.74. The number of hydrogen-bond donors (Lipinski definition) is 3. The average molecular weight is 395 g/mol. The van der Waals surface area contributed by atoms with Gasteiger partial charge < -0.3 is 20.3 Å². The highest BCUT2D eigenvalue weighted by atomic mass is 32.1. The van der Waals surface area contributed by atoms with Gasteiger partial charge in [-0.15, -0.1) is 11.3 Å². The molecule has 142 valence electrons. The second-order valence-electron chi connectivity index (χ2n) is 6.45. The maximum absolute atomic E-state index is 12.5. The standard InChI is InChI=1S/C21H17NO5S/c1-27-15-9-12(7-8-14(15)23)13-10-16(24)22-18-17(11-5-3-2-4-6-11)20(21(25)26)28-19(13)18/h2-9,13,23H,10H2,1H3,(H,22,24)(H,25,26)/t13-/m0/s1. The number of anilines is 1. The van der Waals surface area contributed by atoms with Gasteiger partial charge in [0, 0.05) is 22.8 Å². The topological polar surface area (TPSA) is 95.9 Å². The molecule has 0 radical (unpaired) electrons. The van der Waals surface area contributed by atoms with Gasteiger partial charge in [-0.1, -0.05) is 36.4 Å². The van der Waals surface area contributed by atoms with Crippen LogP contribution in [0.3, 0.4) is 0 Å². The Morgan fingerprint density at radius 2 is 1.96 bits per heavy atom. The van der Waals surface area contributed by atoms with Crippen molar-refractivity contribution in [3.63, 3.8) is 0 Å². The van der Waals surface area contributed by atoms with Crippen molar-refractivity contribution in [1.82, 2.24) is 0 Å². The maximum Gasteiger partial charge on any atom is 0.346 e. The number of phenols is 1. The predicted molar refractivity (Wildman–Crippen MR) is 106 cm³/mol. The highest BCUT2D eigenvalue weighted by Gasteiger charge is 2.34. The Kier molecular flexibility index (Phi) is 4.52. The number of carbonyl (C=O) groups is 2. The van der Waals surface area contributed by atoms with Gasteiger partial charge in [0.25, 0.3) is 0 Å². The zero-order chi connectivity index (χ0) is 19.8. The summed E-state index contributed by atoms with van der Waals surface area (Å²) in [6, 6.07) is 14.1. The minimum absolute atomic E-state index is 0.00844. The first-order valence-corrected chi connectivity index (χ1v) is 9.43. The Labute approximate surface area is 165 Å². The van der Waals surface area contributed by atoms with Crippen LogP contribution in [0.25, 0.3) is 11.1 Å². The fourth-order valence-electron chi connectivity index (χ4n) is 3.50. The molecule has 3 N–H and O–H groups in total. The SMILES string of the molecule is COc1cc([C@@H]2CC(=O)Nc3c2sc(C(=O)O)c3-c2ccccc2)ccc1O. The van der Waals surface area contributed by atoms with Crippen LogP contribution in [0.1, 0.15) is 32.5 Å². The lowest BCUT2D eigenvalue weighted by atomic mass is 9.88. The quantitative estimate of drug-likeness (QED) is 0.612. The molecule has 0 unspecified atom stereocenters. The molecule has 0 spiro atoms. The zero-order valence-electron chi connectivity index (χ0n) is 14.9. The molecular formula is C21H17NO5S. The van der Waals surface area contributed by atoms with Crippen molar-refractivity contribution in [3.05, 3.63) is 63.8 Å². The lowest BCUT2D eigenvalue weighted by molar-refractivity contribution is -0.116. The molecule has 2 aromatic carbocycles. The van der Waals surface area contributed by atoms with Crippen molar-refractivity contribution >= 4 is 28.9 Å². The number of aromatic hydroxyl groups is 1. The largest absolute Gasteiger partial charge is 0.504 e. The van der Waals surface area contributed by atoms with E-state index in [4.69, 9.17) is 4.74 Å². The van der Waals surface area contributed by atoms with E-state index in [0.29, 0.717) is 17.0 Å². The van der Waals surface area contributed by atoms with E-state index in [1.54, 1.807) is 12.1 Å². The molecule has 2 heterocycles. The summed E-state index contributed by atoms with van der Waals surface area (Å²) < 4.78 is 5.19. The van der Waals surface area contributed by atoms with E-state index in [-0.39, 0.29) is 28.9 Å². The number of rotatable bonds is 4. The Bertz CT molecular complexity index is 1070. The third-order valence-corrected chi connectivity index (χ3v) is 6.06. The number of fused-ring (bicyclic) bond motifs is 1. The molecule has 3 aromatic rings. The van der Waals surface area contributed by atoms with E-state index in [1.165, 1.54) is 24.5 Å². The van der Waals surface area contributed by atoms with E-state index >= 15 is 0 Å². The second-order valence-corrected chi connectivity index (χ2v) is 7.50. The molecule has 1 aromatic heterocycles. The fraction of sp³-hybridized carbons (Fsp3) is 0.143. The van der Waals surface area contributed by atoms with Crippen LogP contribution in [-0.4, -0.2) is 29.2 Å². The van der Waals surface area contributed by atoms with Crippen LogP contribution in [0, 0.1) is 0 Å². The third-order valence-electron chi connectivity index (χ3n) is 4.77. The van der Waals surface area contributed by atoms with E-state index in [2.05, 4.69) is 5.32 Å². The summed E-state index contributed by atoms with van der Waals surface area (Å²) in [5.74, 6) is -1.22. The van der Waals surface area contributed by atoms with Crippen molar-refractivity contribution in [2.45, 2.75) is 12.3 Å². The lowest BCUT2D eigenvalue weighted by Crippen LogP contribution is -2.22. The molecule has 0 fully saturated rings. The summed E-state index contributed by atoms with van der Waals surface area (Å²) in [6.45, 7) is 0. The van der Waals surface area contributed by atoms with Gasteiger partial charge in [0.05, 0.1) is 12.8 Å². The van der Waals surface area contributed by atoms with Gasteiger partial charge in [-0.05, 0) is 23.3 Å². The highest BCUT2D eigenvalue weighted by molar-refractivity contribution is 7.15. The number of methoxy groups -OCH3 is 1. The van der Waals surface area contributed by atoms with Gasteiger partial charge in [-0.25, -0.2) is 4.79 Å². The Hall–Kier alpha value is -3.32. The molecule has 0 bridgehead atoms. The summed E-state index contributed by atoms with van der Waals surface area (Å²) in [7, 11) is 1.46. The molecule has 4 rings (SSSR count). The van der Waals surface area contributed by atoms with E-state index < -0.39 is 5.97 Å². The number of ether oxygens (including phenoxy) is 1. The monoisotopic (exact) mass is 395 g/mol. The summed E-state index contributed by atoms with van der Waals surface area (Å²) in [5, 5.41) is 22.5. The number of thiophene rings is 1. The van der Waals surface area contributed by atoms with Crippen molar-refractivity contribution in [2.24, 2.45) is 0 Å². The Morgan fingerprint density at radius 1 is 1.21 bits per heavy atom. The Balaban J connectivity index is 1.92. The van der Waals surface area contributed by atoms with Crippen LogP contribution in [0.4, 0.5) is 5.69 Å². The number of phenolic OH excluding ortho intramolecular Hbond substituents is 1. The van der Waals surface area contributed by atoms with Crippen LogP contribution in [0.5, 0.6) is 11.5 Å². The van der Waals surface area contributed by atoms with E-state index in [1.807, 2.05) is 30.3 Å². The Morgan fingerprint density at radius 3 is 2.64 bits per heavy atom. The molecule has 1 aliphatic heterocycles. The van der Waals surface area contributed by atoms with Crippen molar-refractivity contribution in [2.75, 3.05) is 12.4 Å². The molecule has 0 saturated heterocycles. The van der Waals surface area contributed by atoms with Crippen molar-refractivity contribution < 1.29 is 24.5 Å². The number of hydrogen-bond acceptors (Lipinski definition) is 5. The van der Waals surface area contributed by atoms with Crippen molar-refractivity contribution in [3.8, 4) is 22.6 Å². The average Bonchev–Trinajstić information content (AvgIpc) is 3.08. The summed E-state index contributed by atoms with van der Waals surface area (Å²) in [4.78, 5) is 25.4. The molecular weight excluding hydrogens is 378 g/mol. The first-order valence-electron chi connectivity index (χ1n) is 8.61. The van der Waals surface area contributed by atoms with E-state index in [9.17, 15) is 19.8 Å².